The van der Waals surface area contributed by atoms with E-state index in [1.807, 2.05) is 30.3 Å². The van der Waals surface area contributed by atoms with Gasteiger partial charge in [-0.25, -0.2) is 0 Å². The first kappa shape index (κ1) is 11.5. The molecule has 0 aliphatic heterocycles. The molecule has 0 amide bonds. The minimum Gasteiger partial charge on any atom is -0.398 e. The average Bonchev–Trinajstić information content (AvgIpc) is 2.24. The molecule has 0 bridgehead atoms. The highest BCUT2D eigenvalue weighted by molar-refractivity contribution is 6.31. The van der Waals surface area contributed by atoms with Gasteiger partial charge < -0.3 is 11.5 Å². The van der Waals surface area contributed by atoms with Crippen molar-refractivity contribution >= 4 is 23.2 Å². The van der Waals surface area contributed by atoms with E-state index in [-0.39, 0.29) is 0 Å². The third-order valence-corrected chi connectivity index (χ3v) is 3.27. The number of benzene rings is 1. The lowest BCUT2D eigenvalue weighted by atomic mass is 9.84. The van der Waals surface area contributed by atoms with Crippen molar-refractivity contribution in [3.8, 4) is 0 Å². The number of rotatable bonds is 1. The lowest BCUT2D eigenvalue weighted by Gasteiger charge is -2.29. The second kappa shape index (κ2) is 4.13. The molecule has 1 aromatic carbocycles. The lowest BCUT2D eigenvalue weighted by molar-refractivity contribution is 0.556. The van der Waals surface area contributed by atoms with Crippen LogP contribution in [0.15, 0.2) is 47.1 Å². The third-order valence-electron chi connectivity index (χ3n) is 2.68. The number of halogens is 2. The summed E-state index contributed by atoms with van der Waals surface area (Å²) >= 11 is 12.0. The maximum atomic E-state index is 6.28. The summed E-state index contributed by atoms with van der Waals surface area (Å²) < 4.78 is 0. The van der Waals surface area contributed by atoms with Crippen LogP contribution < -0.4 is 11.5 Å². The predicted octanol–water partition coefficient (Wildman–Crippen LogP) is 2.86. The molecule has 2 nitrogen and oxygen atoms in total. The third kappa shape index (κ3) is 2.09. The molecule has 0 aromatic heterocycles. The highest BCUT2D eigenvalue weighted by Crippen LogP contribution is 2.34. The van der Waals surface area contributed by atoms with Crippen LogP contribution in [0.3, 0.4) is 0 Å². The van der Waals surface area contributed by atoms with E-state index in [9.17, 15) is 0 Å². The SMILES string of the molecule is NC1=C(Cl)CC(N)(c2cccc(Cl)c2)C=C1. The van der Waals surface area contributed by atoms with Gasteiger partial charge in [0.2, 0.25) is 0 Å². The fourth-order valence-corrected chi connectivity index (χ4v) is 2.20. The van der Waals surface area contributed by atoms with Gasteiger partial charge in [0, 0.05) is 22.2 Å². The summed E-state index contributed by atoms with van der Waals surface area (Å²) in [5.41, 5.74) is 12.9. The number of hydrogen-bond donors (Lipinski definition) is 2. The number of allylic oxidation sites excluding steroid dienone is 1. The first-order valence-electron chi connectivity index (χ1n) is 4.89. The second-order valence-corrected chi connectivity index (χ2v) is 4.81. The lowest BCUT2D eigenvalue weighted by Crippen LogP contribution is -2.36. The zero-order chi connectivity index (χ0) is 11.8. The summed E-state index contributed by atoms with van der Waals surface area (Å²) in [6.07, 6.45) is 4.10. The smallest absolute Gasteiger partial charge is 0.0650 e. The van der Waals surface area contributed by atoms with Crippen LogP contribution in [0, 0.1) is 0 Å². The van der Waals surface area contributed by atoms with Gasteiger partial charge in [0.1, 0.15) is 0 Å². The van der Waals surface area contributed by atoms with Crippen LogP contribution in [-0.2, 0) is 5.54 Å². The molecule has 0 saturated heterocycles. The van der Waals surface area contributed by atoms with Crippen molar-refractivity contribution in [3.05, 3.63) is 57.7 Å². The van der Waals surface area contributed by atoms with Crippen LogP contribution in [0.1, 0.15) is 12.0 Å². The molecule has 1 atom stereocenters. The van der Waals surface area contributed by atoms with E-state index >= 15 is 0 Å². The van der Waals surface area contributed by atoms with Crippen LogP contribution in [-0.4, -0.2) is 0 Å². The molecule has 1 aliphatic carbocycles. The molecule has 0 saturated carbocycles. The van der Waals surface area contributed by atoms with Crippen LogP contribution in [0.25, 0.3) is 0 Å². The quantitative estimate of drug-likeness (QED) is 0.810. The van der Waals surface area contributed by atoms with Crippen molar-refractivity contribution in [2.24, 2.45) is 11.5 Å². The first-order chi connectivity index (χ1) is 7.51. The zero-order valence-corrected chi connectivity index (χ0v) is 10.1. The minimum atomic E-state index is -0.620. The van der Waals surface area contributed by atoms with E-state index in [1.54, 1.807) is 6.08 Å². The van der Waals surface area contributed by atoms with Gasteiger partial charge in [0.05, 0.1) is 5.54 Å². The van der Waals surface area contributed by atoms with E-state index in [0.717, 1.165) is 5.56 Å². The molecule has 1 unspecified atom stereocenters. The summed E-state index contributed by atoms with van der Waals surface area (Å²) in [5.74, 6) is 0. The highest BCUT2D eigenvalue weighted by atomic mass is 35.5. The molecule has 16 heavy (non-hydrogen) atoms. The van der Waals surface area contributed by atoms with E-state index in [1.165, 1.54) is 0 Å². The molecular weight excluding hydrogens is 243 g/mol. The van der Waals surface area contributed by atoms with Gasteiger partial charge in [-0.05, 0) is 23.8 Å². The van der Waals surface area contributed by atoms with Gasteiger partial charge >= 0.3 is 0 Å². The maximum absolute atomic E-state index is 6.28. The van der Waals surface area contributed by atoms with E-state index in [2.05, 4.69) is 0 Å². The maximum Gasteiger partial charge on any atom is 0.0650 e. The summed E-state index contributed by atoms with van der Waals surface area (Å²) in [7, 11) is 0. The number of hydrogen-bond acceptors (Lipinski definition) is 2. The average molecular weight is 255 g/mol. The Morgan fingerprint density at radius 3 is 2.62 bits per heavy atom. The predicted molar refractivity (Wildman–Crippen MR) is 68.1 cm³/mol. The van der Waals surface area contributed by atoms with Crippen LogP contribution in [0.4, 0.5) is 0 Å². The highest BCUT2D eigenvalue weighted by Gasteiger charge is 2.28. The summed E-state index contributed by atoms with van der Waals surface area (Å²) in [6.45, 7) is 0. The Morgan fingerprint density at radius 1 is 1.25 bits per heavy atom. The molecule has 2 rings (SSSR count). The Balaban J connectivity index is 2.39. The molecule has 0 spiro atoms. The van der Waals surface area contributed by atoms with E-state index in [0.29, 0.717) is 22.2 Å². The molecule has 4 N–H and O–H groups in total. The molecule has 0 radical (unpaired) electrons. The van der Waals surface area contributed by atoms with Crippen molar-refractivity contribution in [2.75, 3.05) is 0 Å². The van der Waals surface area contributed by atoms with E-state index in [4.69, 9.17) is 34.7 Å². The monoisotopic (exact) mass is 254 g/mol. The molecule has 0 heterocycles. The molecule has 4 heteroatoms. The van der Waals surface area contributed by atoms with Crippen LogP contribution in [0.2, 0.25) is 5.02 Å². The number of nitrogens with two attached hydrogens (primary N) is 2. The summed E-state index contributed by atoms with van der Waals surface area (Å²) in [6, 6.07) is 7.46. The first-order valence-corrected chi connectivity index (χ1v) is 5.65. The minimum absolute atomic E-state index is 0.497. The molecule has 1 aliphatic rings. The Kier molecular flexibility index (Phi) is 2.98. The van der Waals surface area contributed by atoms with Gasteiger partial charge in [-0.2, -0.15) is 0 Å². The van der Waals surface area contributed by atoms with Gasteiger partial charge in [0.25, 0.3) is 0 Å². The van der Waals surface area contributed by atoms with Crippen molar-refractivity contribution in [2.45, 2.75) is 12.0 Å². The normalized spacial score (nSPS) is 24.9. The Labute approximate surface area is 105 Å². The van der Waals surface area contributed by atoms with Crippen molar-refractivity contribution in [3.63, 3.8) is 0 Å². The summed E-state index contributed by atoms with van der Waals surface area (Å²) in [5, 5.41) is 1.25. The fourth-order valence-electron chi connectivity index (χ4n) is 1.72. The van der Waals surface area contributed by atoms with Crippen LogP contribution in [0.5, 0.6) is 0 Å². The van der Waals surface area contributed by atoms with Gasteiger partial charge in [0.15, 0.2) is 0 Å². The van der Waals surface area contributed by atoms with Gasteiger partial charge in [-0.15, -0.1) is 0 Å². The van der Waals surface area contributed by atoms with Crippen LogP contribution >= 0.6 is 23.2 Å². The van der Waals surface area contributed by atoms with Crippen molar-refractivity contribution < 1.29 is 0 Å². The molecule has 1 aromatic rings. The zero-order valence-electron chi connectivity index (χ0n) is 8.58. The van der Waals surface area contributed by atoms with Crippen molar-refractivity contribution in [1.29, 1.82) is 0 Å². The molecule has 0 fully saturated rings. The fraction of sp³-hybridized carbons (Fsp3) is 0.167. The largest absolute Gasteiger partial charge is 0.398 e. The Bertz CT molecular complexity index is 480. The molecule has 84 valence electrons. The Hall–Kier alpha value is -0.960. The van der Waals surface area contributed by atoms with Gasteiger partial charge in [-0.1, -0.05) is 41.4 Å². The topological polar surface area (TPSA) is 52.0 Å². The van der Waals surface area contributed by atoms with Gasteiger partial charge in [-0.3, -0.25) is 0 Å². The Morgan fingerprint density at radius 2 is 2.00 bits per heavy atom. The molecular formula is C12H12Cl2N2. The standard InChI is InChI=1S/C12H12Cl2N2/c13-9-3-1-2-8(6-9)12(16)5-4-11(15)10(14)7-12/h1-6H,7,15-16H2. The van der Waals surface area contributed by atoms with Crippen molar-refractivity contribution in [1.82, 2.24) is 0 Å². The summed E-state index contributed by atoms with van der Waals surface area (Å²) in [4.78, 5) is 0. The van der Waals surface area contributed by atoms with E-state index < -0.39 is 5.54 Å². The second-order valence-electron chi connectivity index (χ2n) is 3.92.